The molecule has 7 heteroatoms. The molecule has 3 aromatic rings. The standard InChI is InChI=1S/C17H15N3O4/c1-10-7-12-14(21)13(17(23)20(24)15(12)18-8-10)16(22)19-9-11-5-3-2-4-6-11/h2-8,21,24H,9H2,1H3,(H,19,22). The van der Waals surface area contributed by atoms with E-state index >= 15 is 0 Å². The van der Waals surface area contributed by atoms with Crippen LogP contribution in [0.25, 0.3) is 11.0 Å². The highest BCUT2D eigenvalue weighted by Gasteiger charge is 2.22. The van der Waals surface area contributed by atoms with Crippen molar-refractivity contribution in [2.75, 3.05) is 0 Å². The van der Waals surface area contributed by atoms with Crippen molar-refractivity contribution < 1.29 is 15.1 Å². The molecule has 24 heavy (non-hydrogen) atoms. The zero-order valence-corrected chi connectivity index (χ0v) is 12.9. The van der Waals surface area contributed by atoms with Gasteiger partial charge in [-0.05, 0) is 24.1 Å². The number of hydrogen-bond acceptors (Lipinski definition) is 5. The van der Waals surface area contributed by atoms with Crippen molar-refractivity contribution in [1.29, 1.82) is 0 Å². The number of aromatic hydroxyl groups is 1. The lowest BCUT2D eigenvalue weighted by atomic mass is 10.1. The molecule has 0 aliphatic carbocycles. The molecule has 0 aliphatic rings. The molecule has 0 saturated heterocycles. The van der Waals surface area contributed by atoms with Gasteiger partial charge >= 0.3 is 5.56 Å². The quantitative estimate of drug-likeness (QED) is 0.634. The number of amides is 1. The van der Waals surface area contributed by atoms with E-state index in [0.29, 0.717) is 5.56 Å². The zero-order valence-electron chi connectivity index (χ0n) is 12.9. The van der Waals surface area contributed by atoms with Gasteiger partial charge in [0.05, 0.1) is 5.39 Å². The van der Waals surface area contributed by atoms with Crippen LogP contribution in [-0.4, -0.2) is 25.9 Å². The predicted octanol–water partition coefficient (Wildman–Crippen LogP) is 1.58. The van der Waals surface area contributed by atoms with E-state index in [1.54, 1.807) is 6.92 Å². The number of rotatable bonds is 3. The lowest BCUT2D eigenvalue weighted by molar-refractivity contribution is 0.0940. The first-order valence-corrected chi connectivity index (χ1v) is 7.24. The Kier molecular flexibility index (Phi) is 3.91. The Morgan fingerprint density at radius 1 is 1.29 bits per heavy atom. The van der Waals surface area contributed by atoms with E-state index in [0.717, 1.165) is 5.56 Å². The third kappa shape index (κ3) is 2.67. The van der Waals surface area contributed by atoms with Crippen LogP contribution >= 0.6 is 0 Å². The molecule has 0 unspecified atom stereocenters. The number of nitrogens with zero attached hydrogens (tertiary/aromatic N) is 2. The normalized spacial score (nSPS) is 10.7. The first-order chi connectivity index (χ1) is 11.5. The molecule has 0 fully saturated rings. The van der Waals surface area contributed by atoms with Crippen LogP contribution < -0.4 is 10.9 Å². The number of aromatic nitrogens is 2. The van der Waals surface area contributed by atoms with E-state index in [4.69, 9.17) is 0 Å². The summed E-state index contributed by atoms with van der Waals surface area (Å²) in [5.41, 5.74) is -0.0991. The molecule has 122 valence electrons. The number of fused-ring (bicyclic) bond motifs is 1. The van der Waals surface area contributed by atoms with Gasteiger partial charge in [-0.2, -0.15) is 0 Å². The Morgan fingerprint density at radius 3 is 2.71 bits per heavy atom. The summed E-state index contributed by atoms with van der Waals surface area (Å²) in [5.74, 6) is -1.27. The Hall–Kier alpha value is -3.35. The maximum absolute atomic E-state index is 12.3. The molecular weight excluding hydrogens is 310 g/mol. The van der Waals surface area contributed by atoms with Gasteiger partial charge in [0.1, 0.15) is 5.75 Å². The van der Waals surface area contributed by atoms with E-state index in [2.05, 4.69) is 10.3 Å². The molecule has 2 aromatic heterocycles. The van der Waals surface area contributed by atoms with Crippen LogP contribution in [0, 0.1) is 6.92 Å². The fourth-order valence-electron chi connectivity index (χ4n) is 2.41. The van der Waals surface area contributed by atoms with Crippen LogP contribution in [0.15, 0.2) is 47.4 Å². The van der Waals surface area contributed by atoms with Crippen molar-refractivity contribution in [1.82, 2.24) is 15.0 Å². The Morgan fingerprint density at radius 2 is 2.00 bits per heavy atom. The van der Waals surface area contributed by atoms with E-state index < -0.39 is 22.8 Å². The van der Waals surface area contributed by atoms with E-state index in [1.165, 1.54) is 12.3 Å². The fraction of sp³-hybridized carbons (Fsp3) is 0.118. The minimum atomic E-state index is -1.03. The highest BCUT2D eigenvalue weighted by molar-refractivity contribution is 6.01. The summed E-state index contributed by atoms with van der Waals surface area (Å²) in [5, 5.41) is 22.9. The molecule has 7 nitrogen and oxygen atoms in total. The number of aryl methyl sites for hydroxylation is 1. The molecule has 1 amide bonds. The summed E-state index contributed by atoms with van der Waals surface area (Å²) >= 11 is 0. The average molecular weight is 325 g/mol. The molecule has 0 bridgehead atoms. The van der Waals surface area contributed by atoms with Crippen LogP contribution in [0.2, 0.25) is 0 Å². The van der Waals surface area contributed by atoms with Gasteiger partial charge in [0.25, 0.3) is 5.91 Å². The summed E-state index contributed by atoms with van der Waals surface area (Å²) in [6.45, 7) is 1.93. The van der Waals surface area contributed by atoms with Crippen molar-refractivity contribution >= 4 is 16.9 Å². The number of carbonyl (C=O) groups is 1. The van der Waals surface area contributed by atoms with Crippen molar-refractivity contribution in [2.24, 2.45) is 0 Å². The van der Waals surface area contributed by atoms with Crippen molar-refractivity contribution in [3.05, 3.63) is 69.6 Å². The van der Waals surface area contributed by atoms with Crippen LogP contribution in [0.1, 0.15) is 21.5 Å². The molecule has 0 spiro atoms. The summed E-state index contributed by atoms with van der Waals surface area (Å²) in [6.07, 6.45) is 1.45. The maximum atomic E-state index is 12.3. The Labute approximate surface area is 136 Å². The number of benzene rings is 1. The van der Waals surface area contributed by atoms with E-state index in [-0.39, 0.29) is 22.3 Å². The van der Waals surface area contributed by atoms with Crippen molar-refractivity contribution in [3.63, 3.8) is 0 Å². The molecule has 0 aliphatic heterocycles. The highest BCUT2D eigenvalue weighted by atomic mass is 16.5. The third-order valence-corrected chi connectivity index (χ3v) is 3.63. The number of hydrogen-bond donors (Lipinski definition) is 3. The van der Waals surface area contributed by atoms with E-state index in [9.17, 15) is 19.9 Å². The predicted molar refractivity (Wildman–Crippen MR) is 87.2 cm³/mol. The highest BCUT2D eigenvalue weighted by Crippen LogP contribution is 2.25. The maximum Gasteiger partial charge on any atom is 0.301 e. The minimum absolute atomic E-state index is 0.109. The molecule has 3 rings (SSSR count). The van der Waals surface area contributed by atoms with Crippen LogP contribution in [0.5, 0.6) is 5.75 Å². The monoisotopic (exact) mass is 325 g/mol. The lowest BCUT2D eigenvalue weighted by Crippen LogP contribution is -2.32. The summed E-state index contributed by atoms with van der Waals surface area (Å²) in [4.78, 5) is 28.4. The zero-order chi connectivity index (χ0) is 17.3. The lowest BCUT2D eigenvalue weighted by Gasteiger charge is -2.11. The summed E-state index contributed by atoms with van der Waals surface area (Å²) in [7, 11) is 0. The molecule has 3 N–H and O–H groups in total. The second kappa shape index (κ2) is 6.04. The van der Waals surface area contributed by atoms with Gasteiger partial charge in [-0.25, -0.2) is 4.98 Å². The number of carbonyl (C=O) groups excluding carboxylic acids is 1. The molecule has 0 radical (unpaired) electrons. The van der Waals surface area contributed by atoms with Gasteiger partial charge < -0.3 is 15.6 Å². The summed E-state index contributed by atoms with van der Waals surface area (Å²) in [6, 6.07) is 10.7. The van der Waals surface area contributed by atoms with Gasteiger partial charge in [-0.3, -0.25) is 9.59 Å². The number of pyridine rings is 2. The molecular formula is C17H15N3O4. The molecule has 2 heterocycles. The second-order valence-electron chi connectivity index (χ2n) is 5.39. The first kappa shape index (κ1) is 15.5. The van der Waals surface area contributed by atoms with Gasteiger partial charge in [-0.1, -0.05) is 30.3 Å². The smallest absolute Gasteiger partial charge is 0.301 e. The topological polar surface area (TPSA) is 104 Å². The van der Waals surface area contributed by atoms with Crippen molar-refractivity contribution in [2.45, 2.75) is 13.5 Å². The van der Waals surface area contributed by atoms with E-state index in [1.807, 2.05) is 30.3 Å². The first-order valence-electron chi connectivity index (χ1n) is 7.24. The average Bonchev–Trinajstić information content (AvgIpc) is 2.59. The fourth-order valence-corrected chi connectivity index (χ4v) is 2.41. The molecule has 0 saturated carbocycles. The molecule has 0 atom stereocenters. The van der Waals surface area contributed by atoms with Gasteiger partial charge in [0.15, 0.2) is 11.2 Å². The van der Waals surface area contributed by atoms with Gasteiger partial charge in [-0.15, -0.1) is 4.73 Å². The van der Waals surface area contributed by atoms with Crippen LogP contribution in [0.3, 0.4) is 0 Å². The second-order valence-corrected chi connectivity index (χ2v) is 5.39. The molecule has 1 aromatic carbocycles. The van der Waals surface area contributed by atoms with Gasteiger partial charge in [0.2, 0.25) is 0 Å². The Bertz CT molecular complexity index is 981. The Balaban J connectivity index is 2.02. The minimum Gasteiger partial charge on any atom is -0.506 e. The number of nitrogens with one attached hydrogen (secondary N) is 1. The van der Waals surface area contributed by atoms with Gasteiger partial charge in [0, 0.05) is 12.7 Å². The van der Waals surface area contributed by atoms with Crippen LogP contribution in [-0.2, 0) is 6.54 Å². The van der Waals surface area contributed by atoms with Crippen molar-refractivity contribution in [3.8, 4) is 5.75 Å². The third-order valence-electron chi connectivity index (χ3n) is 3.63. The largest absolute Gasteiger partial charge is 0.506 e. The SMILES string of the molecule is Cc1cnc2c(c1)c(O)c(C(=O)NCc1ccccc1)c(=O)n2O. The van der Waals surface area contributed by atoms with Crippen LogP contribution in [0.4, 0.5) is 0 Å². The summed E-state index contributed by atoms with van der Waals surface area (Å²) < 4.78 is 0.270.